The minimum Gasteiger partial charge on any atom is -0.369 e. The second-order valence-corrected chi connectivity index (χ2v) is 12.8. The number of ether oxygens (including phenoxy) is 1. The summed E-state index contributed by atoms with van der Waals surface area (Å²) in [6.45, 7) is 12.8. The van der Waals surface area contributed by atoms with Crippen molar-refractivity contribution in [1.82, 2.24) is 0 Å². The standard InChI is InChI=1S/C27H46O/c1-17(2)7-6-8-18(3)20-11-12-21-19-9-10-23-25-24(28-25)14-16-27(23,5)22(19)13-15-26(20,21)4/h17-25H,6-16H2,1-5H3/t18-,19-,20+,21-,22-,23-,24+,25+,26+,27+/m0/s1. The fraction of sp³-hybridized carbons (Fsp3) is 1.00. The van der Waals surface area contributed by atoms with E-state index in [2.05, 4.69) is 34.6 Å². The van der Waals surface area contributed by atoms with Gasteiger partial charge in [-0.05, 0) is 104 Å². The normalized spacial score (nSPS) is 53.1. The van der Waals surface area contributed by atoms with Crippen LogP contribution in [0.25, 0.3) is 0 Å². The Morgan fingerprint density at radius 3 is 2.29 bits per heavy atom. The topological polar surface area (TPSA) is 12.5 Å². The molecule has 0 aromatic rings. The highest BCUT2D eigenvalue weighted by Gasteiger charge is 2.65. The molecule has 1 aliphatic heterocycles. The highest BCUT2D eigenvalue weighted by molar-refractivity contribution is 5.13. The third-order valence-electron chi connectivity index (χ3n) is 11.1. The Hall–Kier alpha value is -0.0400. The number of fused-ring (bicyclic) bond motifs is 7. The van der Waals surface area contributed by atoms with E-state index >= 15 is 0 Å². The Labute approximate surface area is 174 Å². The van der Waals surface area contributed by atoms with Crippen molar-refractivity contribution in [3.8, 4) is 0 Å². The predicted molar refractivity (Wildman–Crippen MR) is 117 cm³/mol. The van der Waals surface area contributed by atoms with Gasteiger partial charge < -0.3 is 4.74 Å². The third-order valence-corrected chi connectivity index (χ3v) is 11.1. The summed E-state index contributed by atoms with van der Waals surface area (Å²) in [5.74, 6) is 6.76. The van der Waals surface area contributed by atoms with Gasteiger partial charge >= 0.3 is 0 Å². The molecule has 1 heteroatoms. The molecule has 0 unspecified atom stereocenters. The summed E-state index contributed by atoms with van der Waals surface area (Å²) < 4.78 is 6.10. The predicted octanol–water partition coefficient (Wildman–Crippen LogP) is 7.49. The molecule has 0 N–H and O–H groups in total. The second kappa shape index (κ2) is 7.00. The van der Waals surface area contributed by atoms with Crippen molar-refractivity contribution in [3.05, 3.63) is 0 Å². The zero-order valence-corrected chi connectivity index (χ0v) is 19.4. The van der Waals surface area contributed by atoms with Crippen LogP contribution < -0.4 is 0 Å². The van der Waals surface area contributed by atoms with E-state index in [9.17, 15) is 0 Å². The molecule has 4 saturated carbocycles. The van der Waals surface area contributed by atoms with E-state index < -0.39 is 0 Å². The zero-order chi connectivity index (χ0) is 19.7. The average molecular weight is 387 g/mol. The lowest BCUT2D eigenvalue weighted by atomic mass is 9.44. The van der Waals surface area contributed by atoms with Crippen LogP contribution in [0, 0.1) is 52.3 Å². The molecule has 1 saturated heterocycles. The summed E-state index contributed by atoms with van der Waals surface area (Å²) >= 11 is 0. The Morgan fingerprint density at radius 1 is 0.786 bits per heavy atom. The molecule has 4 aliphatic carbocycles. The summed E-state index contributed by atoms with van der Waals surface area (Å²) in [7, 11) is 0. The summed E-state index contributed by atoms with van der Waals surface area (Å²) in [6.07, 6.45) is 17.6. The van der Waals surface area contributed by atoms with E-state index in [4.69, 9.17) is 4.74 Å². The van der Waals surface area contributed by atoms with Crippen LogP contribution >= 0.6 is 0 Å². The highest BCUT2D eigenvalue weighted by atomic mass is 16.6. The fourth-order valence-corrected chi connectivity index (χ4v) is 9.62. The van der Waals surface area contributed by atoms with E-state index in [0.29, 0.717) is 23.0 Å². The summed E-state index contributed by atoms with van der Waals surface area (Å²) in [6, 6.07) is 0. The lowest BCUT2D eigenvalue weighted by Gasteiger charge is -2.60. The second-order valence-electron chi connectivity index (χ2n) is 12.8. The molecule has 28 heavy (non-hydrogen) atoms. The molecule has 160 valence electrons. The van der Waals surface area contributed by atoms with E-state index in [-0.39, 0.29) is 0 Å². The first kappa shape index (κ1) is 19.9. The molecular weight excluding hydrogens is 340 g/mol. The molecule has 0 aromatic carbocycles. The van der Waals surface area contributed by atoms with Crippen LogP contribution in [0.15, 0.2) is 0 Å². The van der Waals surface area contributed by atoms with Crippen LogP contribution in [-0.2, 0) is 4.74 Å². The maximum absolute atomic E-state index is 6.10. The molecule has 0 bridgehead atoms. The molecule has 5 fully saturated rings. The van der Waals surface area contributed by atoms with Crippen LogP contribution in [-0.4, -0.2) is 12.2 Å². The van der Waals surface area contributed by atoms with Gasteiger partial charge in [0, 0.05) is 0 Å². The van der Waals surface area contributed by atoms with Gasteiger partial charge in [-0.2, -0.15) is 0 Å². The maximum Gasteiger partial charge on any atom is 0.0875 e. The quantitative estimate of drug-likeness (QED) is 0.446. The van der Waals surface area contributed by atoms with Gasteiger partial charge in [0.05, 0.1) is 12.2 Å². The van der Waals surface area contributed by atoms with Crippen molar-refractivity contribution in [2.75, 3.05) is 0 Å². The number of hydrogen-bond donors (Lipinski definition) is 0. The molecule has 1 nitrogen and oxygen atoms in total. The molecule has 10 atom stereocenters. The lowest BCUT2D eigenvalue weighted by molar-refractivity contribution is -0.111. The van der Waals surface area contributed by atoms with Gasteiger partial charge in [0.1, 0.15) is 0 Å². The van der Waals surface area contributed by atoms with Crippen molar-refractivity contribution in [3.63, 3.8) is 0 Å². The first-order valence-corrected chi connectivity index (χ1v) is 13.0. The number of epoxide rings is 1. The van der Waals surface area contributed by atoms with Crippen LogP contribution in [0.3, 0.4) is 0 Å². The van der Waals surface area contributed by atoms with Crippen molar-refractivity contribution < 1.29 is 4.74 Å². The first-order chi connectivity index (χ1) is 13.3. The van der Waals surface area contributed by atoms with E-state index in [1.807, 2.05) is 0 Å². The molecular formula is C27H46O. The number of rotatable bonds is 5. The van der Waals surface area contributed by atoms with Gasteiger partial charge in [-0.1, -0.05) is 53.9 Å². The third kappa shape index (κ3) is 2.96. The van der Waals surface area contributed by atoms with Crippen molar-refractivity contribution >= 4 is 0 Å². The van der Waals surface area contributed by atoms with Crippen molar-refractivity contribution in [2.45, 2.75) is 117 Å². The molecule has 0 spiro atoms. The molecule has 5 rings (SSSR count). The van der Waals surface area contributed by atoms with Gasteiger partial charge in [0.15, 0.2) is 0 Å². The monoisotopic (exact) mass is 386 g/mol. The molecule has 0 radical (unpaired) electrons. The van der Waals surface area contributed by atoms with Gasteiger partial charge in [-0.3, -0.25) is 0 Å². The largest absolute Gasteiger partial charge is 0.369 e. The molecule has 0 amide bonds. The maximum atomic E-state index is 6.10. The first-order valence-electron chi connectivity index (χ1n) is 13.0. The van der Waals surface area contributed by atoms with Gasteiger partial charge in [0.25, 0.3) is 0 Å². The fourth-order valence-electron chi connectivity index (χ4n) is 9.62. The summed E-state index contributed by atoms with van der Waals surface area (Å²) in [5.41, 5.74) is 1.25. The minimum atomic E-state index is 0.600. The molecule has 5 aliphatic rings. The van der Waals surface area contributed by atoms with Crippen LogP contribution in [0.2, 0.25) is 0 Å². The van der Waals surface area contributed by atoms with E-state index in [1.54, 1.807) is 6.42 Å². The van der Waals surface area contributed by atoms with Gasteiger partial charge in [-0.25, -0.2) is 0 Å². The summed E-state index contributed by atoms with van der Waals surface area (Å²) in [5, 5.41) is 0. The van der Waals surface area contributed by atoms with E-state index in [0.717, 1.165) is 41.4 Å². The summed E-state index contributed by atoms with van der Waals surface area (Å²) in [4.78, 5) is 0. The molecule has 1 heterocycles. The minimum absolute atomic E-state index is 0.600. The van der Waals surface area contributed by atoms with Crippen LogP contribution in [0.5, 0.6) is 0 Å². The Kier molecular flexibility index (Phi) is 4.97. The Morgan fingerprint density at radius 2 is 1.50 bits per heavy atom. The van der Waals surface area contributed by atoms with E-state index in [1.165, 1.54) is 64.2 Å². The smallest absolute Gasteiger partial charge is 0.0875 e. The van der Waals surface area contributed by atoms with Crippen molar-refractivity contribution in [2.24, 2.45) is 52.3 Å². The van der Waals surface area contributed by atoms with Crippen LogP contribution in [0.1, 0.15) is 105 Å². The van der Waals surface area contributed by atoms with Crippen molar-refractivity contribution in [1.29, 1.82) is 0 Å². The Bertz CT molecular complexity index is 583. The van der Waals surface area contributed by atoms with Crippen LogP contribution in [0.4, 0.5) is 0 Å². The highest BCUT2D eigenvalue weighted by Crippen LogP contribution is 2.69. The van der Waals surface area contributed by atoms with Gasteiger partial charge in [-0.15, -0.1) is 0 Å². The van der Waals surface area contributed by atoms with Gasteiger partial charge in [0.2, 0.25) is 0 Å². The Balaban J connectivity index is 1.30. The SMILES string of the molecule is CC(C)CCC[C@H](C)[C@H]1CC[C@H]2[C@@H]3CC[C@H]4[C@H]5O[C@@H]5CC[C@]4(C)[C@H]3CC[C@]12C. The zero-order valence-electron chi connectivity index (χ0n) is 19.4. The lowest BCUT2D eigenvalue weighted by Crippen LogP contribution is -2.54. The molecule has 0 aromatic heterocycles. The average Bonchev–Trinajstić information content (AvgIpc) is 3.34. The number of hydrogen-bond acceptors (Lipinski definition) is 1.